The average Bonchev–Trinajstić information content (AvgIpc) is 2.52. The highest BCUT2D eigenvalue weighted by Gasteiger charge is 2.35. The molecule has 64 valence electrons. The molecule has 0 aliphatic carbocycles. The van der Waals surface area contributed by atoms with Crippen LogP contribution in [0.5, 0.6) is 0 Å². The van der Waals surface area contributed by atoms with Crippen LogP contribution in [0.4, 0.5) is 0 Å². The summed E-state index contributed by atoms with van der Waals surface area (Å²) in [5.41, 5.74) is 0.0926. The highest BCUT2D eigenvalue weighted by molar-refractivity contribution is 14.1. The van der Waals surface area contributed by atoms with Gasteiger partial charge in [-0.15, -0.1) is 0 Å². The Hall–Kier alpha value is 0.430. The van der Waals surface area contributed by atoms with E-state index in [1.807, 2.05) is 0 Å². The molecule has 1 nitrogen and oxygen atoms in total. The highest BCUT2D eigenvalue weighted by atomic mass is 127. The molecule has 0 bridgehead atoms. The van der Waals surface area contributed by atoms with Crippen LogP contribution in [-0.2, 0) is 4.74 Å². The molecule has 0 amide bonds. The van der Waals surface area contributed by atoms with Gasteiger partial charge in [-0.25, -0.2) is 0 Å². The second kappa shape index (κ2) is 3.90. The van der Waals surface area contributed by atoms with E-state index >= 15 is 0 Å². The first-order valence-electron chi connectivity index (χ1n) is 4.21. The predicted octanol–water partition coefficient (Wildman–Crippen LogP) is 3.28. The van der Waals surface area contributed by atoms with E-state index in [9.17, 15) is 0 Å². The SMILES string of the molecule is C/C=C(\I)C1(CC)CCCO1. The lowest BCUT2D eigenvalue weighted by molar-refractivity contribution is 0.0407. The van der Waals surface area contributed by atoms with Crippen LogP contribution in [0.2, 0.25) is 0 Å². The molecule has 11 heavy (non-hydrogen) atoms. The quantitative estimate of drug-likeness (QED) is 0.697. The zero-order valence-corrected chi connectivity index (χ0v) is 9.35. The van der Waals surface area contributed by atoms with Crippen molar-refractivity contribution in [3.05, 3.63) is 9.66 Å². The molecule has 1 fully saturated rings. The van der Waals surface area contributed by atoms with Crippen molar-refractivity contribution in [3.8, 4) is 0 Å². The molecular weight excluding hydrogens is 251 g/mol. The molecule has 1 unspecified atom stereocenters. The average molecular weight is 266 g/mol. The number of hydrogen-bond acceptors (Lipinski definition) is 1. The molecule has 1 saturated heterocycles. The van der Waals surface area contributed by atoms with Gasteiger partial charge in [-0.05, 0) is 48.8 Å². The van der Waals surface area contributed by atoms with Crippen molar-refractivity contribution in [2.45, 2.75) is 38.7 Å². The lowest BCUT2D eigenvalue weighted by atomic mass is 9.96. The monoisotopic (exact) mass is 266 g/mol. The van der Waals surface area contributed by atoms with E-state index in [0.29, 0.717) is 0 Å². The molecule has 0 aromatic heterocycles. The summed E-state index contributed by atoms with van der Waals surface area (Å²) in [4.78, 5) is 0. The summed E-state index contributed by atoms with van der Waals surface area (Å²) in [7, 11) is 0. The first kappa shape index (κ1) is 9.52. The normalized spacial score (nSPS) is 32.8. The number of allylic oxidation sites excluding steroid dienone is 1. The third-order valence-corrected chi connectivity index (χ3v) is 3.97. The van der Waals surface area contributed by atoms with E-state index in [4.69, 9.17) is 4.74 Å². The maximum Gasteiger partial charge on any atom is 0.0982 e. The molecule has 0 saturated carbocycles. The van der Waals surface area contributed by atoms with Gasteiger partial charge in [0.15, 0.2) is 0 Å². The van der Waals surface area contributed by atoms with E-state index in [2.05, 4.69) is 42.5 Å². The van der Waals surface area contributed by atoms with Crippen molar-refractivity contribution in [3.63, 3.8) is 0 Å². The van der Waals surface area contributed by atoms with Gasteiger partial charge in [-0.1, -0.05) is 13.0 Å². The lowest BCUT2D eigenvalue weighted by Crippen LogP contribution is -2.26. The van der Waals surface area contributed by atoms with Crippen molar-refractivity contribution < 1.29 is 4.74 Å². The van der Waals surface area contributed by atoms with Crippen molar-refractivity contribution in [1.29, 1.82) is 0 Å². The Balaban J connectivity index is 2.74. The zero-order chi connectivity index (χ0) is 8.32. The van der Waals surface area contributed by atoms with Gasteiger partial charge in [0.05, 0.1) is 5.60 Å². The van der Waals surface area contributed by atoms with Crippen LogP contribution in [-0.4, -0.2) is 12.2 Å². The van der Waals surface area contributed by atoms with E-state index < -0.39 is 0 Å². The number of rotatable bonds is 2. The largest absolute Gasteiger partial charge is 0.370 e. The summed E-state index contributed by atoms with van der Waals surface area (Å²) in [6.45, 7) is 5.22. The van der Waals surface area contributed by atoms with Gasteiger partial charge < -0.3 is 4.74 Å². The van der Waals surface area contributed by atoms with Crippen LogP contribution in [0.3, 0.4) is 0 Å². The minimum atomic E-state index is 0.0926. The third kappa shape index (κ3) is 1.78. The van der Waals surface area contributed by atoms with Crippen LogP contribution in [0.15, 0.2) is 9.66 Å². The van der Waals surface area contributed by atoms with Gasteiger partial charge in [0.1, 0.15) is 0 Å². The van der Waals surface area contributed by atoms with Crippen LogP contribution >= 0.6 is 22.6 Å². The second-order valence-electron chi connectivity index (χ2n) is 2.94. The summed E-state index contributed by atoms with van der Waals surface area (Å²) >= 11 is 2.40. The molecule has 1 rings (SSSR count). The summed E-state index contributed by atoms with van der Waals surface area (Å²) < 4.78 is 7.14. The molecule has 1 aliphatic heterocycles. The van der Waals surface area contributed by atoms with Gasteiger partial charge >= 0.3 is 0 Å². The Morgan fingerprint density at radius 1 is 1.73 bits per heavy atom. The topological polar surface area (TPSA) is 9.23 Å². The Bertz CT molecular complexity index is 157. The Kier molecular flexibility index (Phi) is 3.37. The summed E-state index contributed by atoms with van der Waals surface area (Å²) in [5.74, 6) is 0. The van der Waals surface area contributed by atoms with Gasteiger partial charge in [0.2, 0.25) is 0 Å². The number of ether oxygens (including phenoxy) is 1. The third-order valence-electron chi connectivity index (χ3n) is 2.36. The second-order valence-corrected chi connectivity index (χ2v) is 4.10. The van der Waals surface area contributed by atoms with Crippen molar-refractivity contribution in [2.75, 3.05) is 6.61 Å². The van der Waals surface area contributed by atoms with Gasteiger partial charge in [-0.3, -0.25) is 0 Å². The van der Waals surface area contributed by atoms with Crippen LogP contribution in [0, 0.1) is 0 Å². The molecular formula is C9H15IO. The fourth-order valence-corrected chi connectivity index (χ4v) is 2.40. The van der Waals surface area contributed by atoms with Crippen LogP contribution in [0.25, 0.3) is 0 Å². The smallest absolute Gasteiger partial charge is 0.0982 e. The zero-order valence-electron chi connectivity index (χ0n) is 7.19. The van der Waals surface area contributed by atoms with Gasteiger partial charge in [0.25, 0.3) is 0 Å². The Morgan fingerprint density at radius 3 is 2.82 bits per heavy atom. The molecule has 0 radical (unpaired) electrons. The fraction of sp³-hybridized carbons (Fsp3) is 0.778. The predicted molar refractivity (Wildman–Crippen MR) is 56.0 cm³/mol. The lowest BCUT2D eigenvalue weighted by Gasteiger charge is -2.26. The van der Waals surface area contributed by atoms with E-state index in [1.54, 1.807) is 0 Å². The maximum atomic E-state index is 5.77. The van der Waals surface area contributed by atoms with Crippen molar-refractivity contribution >= 4 is 22.6 Å². The Labute approximate surface area is 82.3 Å². The van der Waals surface area contributed by atoms with E-state index in [0.717, 1.165) is 13.0 Å². The molecule has 1 atom stereocenters. The fourth-order valence-electron chi connectivity index (χ4n) is 1.60. The van der Waals surface area contributed by atoms with Crippen molar-refractivity contribution in [2.24, 2.45) is 0 Å². The summed E-state index contributed by atoms with van der Waals surface area (Å²) in [6.07, 6.45) is 5.69. The first-order chi connectivity index (χ1) is 5.25. The molecule has 0 N–H and O–H groups in total. The highest BCUT2D eigenvalue weighted by Crippen LogP contribution is 2.38. The van der Waals surface area contributed by atoms with Crippen molar-refractivity contribution in [1.82, 2.24) is 0 Å². The molecule has 0 aromatic carbocycles. The first-order valence-corrected chi connectivity index (χ1v) is 5.29. The molecule has 2 heteroatoms. The van der Waals surface area contributed by atoms with Crippen LogP contribution < -0.4 is 0 Å². The molecule has 1 aliphatic rings. The maximum absolute atomic E-state index is 5.77. The van der Waals surface area contributed by atoms with E-state index in [-0.39, 0.29) is 5.60 Å². The number of halogens is 1. The summed E-state index contributed by atoms with van der Waals surface area (Å²) in [6, 6.07) is 0. The van der Waals surface area contributed by atoms with Gasteiger partial charge in [-0.2, -0.15) is 0 Å². The molecule has 1 heterocycles. The minimum absolute atomic E-state index is 0.0926. The molecule has 0 spiro atoms. The van der Waals surface area contributed by atoms with Crippen LogP contribution in [0.1, 0.15) is 33.1 Å². The minimum Gasteiger partial charge on any atom is -0.370 e. The number of hydrogen-bond donors (Lipinski definition) is 0. The summed E-state index contributed by atoms with van der Waals surface area (Å²) in [5, 5.41) is 0. The van der Waals surface area contributed by atoms with Gasteiger partial charge in [0, 0.05) is 10.2 Å². The standard InChI is InChI=1S/C9H15IO/c1-3-8(10)9(4-2)6-5-7-11-9/h3H,4-7H2,1-2H3/b8-3-. The van der Waals surface area contributed by atoms with E-state index in [1.165, 1.54) is 16.4 Å². The molecule has 0 aromatic rings. The Morgan fingerprint density at radius 2 is 2.45 bits per heavy atom.